The lowest BCUT2D eigenvalue weighted by Gasteiger charge is -2.10. The van der Waals surface area contributed by atoms with Crippen LogP contribution in [0, 0.1) is 0 Å². The van der Waals surface area contributed by atoms with E-state index in [0.29, 0.717) is 13.0 Å². The van der Waals surface area contributed by atoms with Crippen LogP contribution in [0.3, 0.4) is 0 Å². The number of hydrogen-bond acceptors (Lipinski definition) is 4. The number of carboxylic acids is 1. The highest BCUT2D eigenvalue weighted by molar-refractivity contribution is 7.07. The summed E-state index contributed by atoms with van der Waals surface area (Å²) in [6, 6.07) is 5.62. The number of hydrogen-bond donors (Lipinski definition) is 4. The second-order valence-corrected chi connectivity index (χ2v) is 5.05. The Morgan fingerprint density at radius 1 is 1.24 bits per heavy atom. The smallest absolute Gasteiger partial charge is 0.339 e. The molecule has 2 aromatic rings. The first-order valence-electron chi connectivity index (χ1n) is 6.19. The number of aromatic hydroxyl groups is 1. The van der Waals surface area contributed by atoms with E-state index in [4.69, 9.17) is 5.11 Å². The molecule has 6 nitrogen and oxygen atoms in total. The normalized spacial score (nSPS) is 10.1. The first kappa shape index (κ1) is 14.9. The van der Waals surface area contributed by atoms with Crippen LogP contribution in [0.4, 0.5) is 10.5 Å². The van der Waals surface area contributed by atoms with E-state index < -0.39 is 17.7 Å². The SMILES string of the molecule is O=C(NCCc1ccsc1)Nc1cccc(C(=O)O)c1O. The Hall–Kier alpha value is -2.54. The van der Waals surface area contributed by atoms with Crippen molar-refractivity contribution < 1.29 is 19.8 Å². The van der Waals surface area contributed by atoms with Crippen LogP contribution in [0.5, 0.6) is 5.75 Å². The number of carbonyl (C=O) groups excluding carboxylic acids is 1. The molecule has 21 heavy (non-hydrogen) atoms. The van der Waals surface area contributed by atoms with Gasteiger partial charge in [-0.15, -0.1) is 0 Å². The molecule has 110 valence electrons. The number of anilines is 1. The van der Waals surface area contributed by atoms with Gasteiger partial charge in [0.15, 0.2) is 5.75 Å². The van der Waals surface area contributed by atoms with Gasteiger partial charge in [0.05, 0.1) is 5.69 Å². The number of benzene rings is 1. The van der Waals surface area contributed by atoms with Crippen LogP contribution in [0.2, 0.25) is 0 Å². The molecule has 0 aliphatic carbocycles. The number of carboxylic acid groups (broad SMARTS) is 1. The average Bonchev–Trinajstić information content (AvgIpc) is 2.94. The summed E-state index contributed by atoms with van der Waals surface area (Å²) in [5.74, 6) is -1.72. The minimum atomic E-state index is -1.26. The lowest BCUT2D eigenvalue weighted by molar-refractivity contribution is 0.0693. The molecular weight excluding hydrogens is 292 g/mol. The second kappa shape index (κ2) is 6.76. The Morgan fingerprint density at radius 3 is 2.71 bits per heavy atom. The summed E-state index contributed by atoms with van der Waals surface area (Å²) in [4.78, 5) is 22.6. The van der Waals surface area contributed by atoms with Crippen molar-refractivity contribution in [3.63, 3.8) is 0 Å². The number of nitrogens with one attached hydrogen (secondary N) is 2. The van der Waals surface area contributed by atoms with Gasteiger partial charge < -0.3 is 20.8 Å². The maximum Gasteiger partial charge on any atom is 0.339 e. The zero-order valence-electron chi connectivity index (χ0n) is 11.0. The van der Waals surface area contributed by atoms with E-state index in [0.717, 1.165) is 5.56 Å². The van der Waals surface area contributed by atoms with Crippen molar-refractivity contribution in [3.8, 4) is 5.75 Å². The molecule has 0 atom stereocenters. The van der Waals surface area contributed by atoms with Gasteiger partial charge in [-0.05, 0) is 40.9 Å². The Balaban J connectivity index is 1.90. The van der Waals surface area contributed by atoms with E-state index in [2.05, 4.69) is 10.6 Å². The summed E-state index contributed by atoms with van der Waals surface area (Å²) < 4.78 is 0. The van der Waals surface area contributed by atoms with Crippen LogP contribution in [-0.4, -0.2) is 28.8 Å². The van der Waals surface area contributed by atoms with Gasteiger partial charge in [-0.25, -0.2) is 9.59 Å². The lowest BCUT2D eigenvalue weighted by atomic mass is 10.1. The van der Waals surface area contributed by atoms with Gasteiger partial charge in [-0.1, -0.05) is 6.07 Å². The van der Waals surface area contributed by atoms with Gasteiger partial charge >= 0.3 is 12.0 Å². The maximum atomic E-state index is 11.7. The maximum absolute atomic E-state index is 11.7. The molecule has 1 aromatic heterocycles. The average molecular weight is 306 g/mol. The first-order valence-corrected chi connectivity index (χ1v) is 7.13. The van der Waals surface area contributed by atoms with Gasteiger partial charge in [-0.3, -0.25) is 0 Å². The summed E-state index contributed by atoms with van der Waals surface area (Å²) in [6.45, 7) is 0.446. The molecule has 7 heteroatoms. The van der Waals surface area contributed by atoms with Crippen LogP contribution >= 0.6 is 11.3 Å². The number of amides is 2. The molecule has 0 fully saturated rings. The van der Waals surface area contributed by atoms with Crippen molar-refractivity contribution in [3.05, 3.63) is 46.2 Å². The van der Waals surface area contributed by atoms with Crippen molar-refractivity contribution >= 4 is 29.0 Å². The number of urea groups is 1. The highest BCUT2D eigenvalue weighted by Crippen LogP contribution is 2.27. The fourth-order valence-electron chi connectivity index (χ4n) is 1.74. The molecule has 0 unspecified atom stereocenters. The summed E-state index contributed by atoms with van der Waals surface area (Å²) in [5, 5.41) is 27.7. The quantitative estimate of drug-likeness (QED) is 0.638. The molecule has 1 aromatic carbocycles. The van der Waals surface area contributed by atoms with Crippen LogP contribution in [0.15, 0.2) is 35.0 Å². The van der Waals surface area contributed by atoms with Crippen molar-refractivity contribution in [2.45, 2.75) is 6.42 Å². The third kappa shape index (κ3) is 3.96. The number of rotatable bonds is 5. The minimum absolute atomic E-state index is 0.0583. The standard InChI is InChI=1S/C14H14N2O4S/c17-12-10(13(18)19)2-1-3-11(12)16-14(20)15-6-4-9-5-7-21-8-9/h1-3,5,7-8,17H,4,6H2,(H,18,19)(H2,15,16,20). The molecular formula is C14H14N2O4S. The predicted molar refractivity (Wildman–Crippen MR) is 80.1 cm³/mol. The van der Waals surface area contributed by atoms with E-state index in [9.17, 15) is 14.7 Å². The van der Waals surface area contributed by atoms with Crippen molar-refractivity contribution in [1.29, 1.82) is 0 Å². The van der Waals surface area contributed by atoms with Crippen LogP contribution in [0.25, 0.3) is 0 Å². The number of para-hydroxylation sites is 1. The summed E-state index contributed by atoms with van der Waals surface area (Å²) in [5.41, 5.74) is 0.935. The fraction of sp³-hybridized carbons (Fsp3) is 0.143. The molecule has 0 radical (unpaired) electrons. The molecule has 2 rings (SSSR count). The van der Waals surface area contributed by atoms with E-state index in [-0.39, 0.29) is 11.3 Å². The second-order valence-electron chi connectivity index (χ2n) is 4.27. The predicted octanol–water partition coefficient (Wildman–Crippen LogP) is 2.52. The van der Waals surface area contributed by atoms with Crippen molar-refractivity contribution in [2.24, 2.45) is 0 Å². The summed E-state index contributed by atoms with van der Waals surface area (Å²) >= 11 is 1.59. The topological polar surface area (TPSA) is 98.7 Å². The molecule has 0 aliphatic rings. The monoisotopic (exact) mass is 306 g/mol. The number of thiophene rings is 1. The molecule has 0 aliphatic heterocycles. The lowest BCUT2D eigenvalue weighted by Crippen LogP contribution is -2.30. The Bertz CT molecular complexity index is 640. The Kier molecular flexibility index (Phi) is 4.78. The zero-order valence-corrected chi connectivity index (χ0v) is 11.8. The molecule has 0 bridgehead atoms. The molecule has 0 saturated carbocycles. The van der Waals surface area contributed by atoms with Crippen molar-refractivity contribution in [1.82, 2.24) is 5.32 Å². The van der Waals surface area contributed by atoms with E-state index >= 15 is 0 Å². The third-order valence-electron chi connectivity index (χ3n) is 2.79. The number of carbonyl (C=O) groups is 2. The third-order valence-corrected chi connectivity index (χ3v) is 3.53. The minimum Gasteiger partial charge on any atom is -0.505 e. The summed E-state index contributed by atoms with van der Waals surface area (Å²) in [6.07, 6.45) is 0.706. The summed E-state index contributed by atoms with van der Waals surface area (Å²) in [7, 11) is 0. The van der Waals surface area contributed by atoms with Crippen LogP contribution in [-0.2, 0) is 6.42 Å². The van der Waals surface area contributed by atoms with Crippen molar-refractivity contribution in [2.75, 3.05) is 11.9 Å². The van der Waals surface area contributed by atoms with Crippen LogP contribution < -0.4 is 10.6 Å². The first-order chi connectivity index (χ1) is 10.1. The highest BCUT2D eigenvalue weighted by atomic mass is 32.1. The van der Waals surface area contributed by atoms with Gasteiger partial charge in [0, 0.05) is 6.54 Å². The van der Waals surface area contributed by atoms with Gasteiger partial charge in [0.2, 0.25) is 0 Å². The molecule has 0 spiro atoms. The van der Waals surface area contributed by atoms with Gasteiger partial charge in [0.1, 0.15) is 5.56 Å². The molecule has 4 N–H and O–H groups in total. The van der Waals surface area contributed by atoms with Gasteiger partial charge in [-0.2, -0.15) is 11.3 Å². The molecule has 0 saturated heterocycles. The van der Waals surface area contributed by atoms with E-state index in [1.807, 2.05) is 16.8 Å². The Morgan fingerprint density at radius 2 is 2.05 bits per heavy atom. The largest absolute Gasteiger partial charge is 0.505 e. The molecule has 2 amide bonds. The van der Waals surface area contributed by atoms with Gasteiger partial charge in [0.25, 0.3) is 0 Å². The number of aromatic carboxylic acids is 1. The van der Waals surface area contributed by atoms with E-state index in [1.54, 1.807) is 11.3 Å². The van der Waals surface area contributed by atoms with E-state index in [1.165, 1.54) is 18.2 Å². The zero-order chi connectivity index (χ0) is 15.2. The Labute approximate surface area is 125 Å². The highest BCUT2D eigenvalue weighted by Gasteiger charge is 2.14. The molecule has 1 heterocycles. The number of phenols is 1. The van der Waals surface area contributed by atoms with Crippen LogP contribution in [0.1, 0.15) is 15.9 Å². The fourth-order valence-corrected chi connectivity index (χ4v) is 2.44.